The van der Waals surface area contributed by atoms with Gasteiger partial charge in [-0.2, -0.15) is 5.10 Å². The van der Waals surface area contributed by atoms with Gasteiger partial charge in [-0.25, -0.2) is 9.48 Å². The third kappa shape index (κ3) is 5.57. The third-order valence-corrected chi connectivity index (χ3v) is 5.15. The van der Waals surface area contributed by atoms with Crippen molar-refractivity contribution in [2.45, 2.75) is 32.9 Å². The largest absolute Gasteiger partial charge is 0.493 e. The van der Waals surface area contributed by atoms with E-state index in [1.54, 1.807) is 21.1 Å². The van der Waals surface area contributed by atoms with E-state index >= 15 is 0 Å². The fraction of sp³-hybridized carbons (Fsp3) is 0.455. The molecule has 2 heterocycles. The standard InChI is InChI=1S/C22H28N4O6/c1-4-32-22(29)25-10-8-17-16(13-25)12-21(28)26(24-17)14-20(27)23-9-7-15-5-6-18(30-2)19(11-15)31-3/h5-6,11-12H,4,7-10,13-14H2,1-3H3,(H,23,27). The molecule has 0 saturated carbocycles. The molecule has 0 bridgehead atoms. The quantitative estimate of drug-likeness (QED) is 0.650. The summed E-state index contributed by atoms with van der Waals surface area (Å²) in [6, 6.07) is 7.02. The molecule has 0 atom stereocenters. The molecule has 1 aliphatic heterocycles. The number of aromatic nitrogens is 2. The van der Waals surface area contributed by atoms with Gasteiger partial charge in [0.2, 0.25) is 5.91 Å². The Bertz CT molecular complexity index is 1040. The number of ether oxygens (including phenoxy) is 3. The SMILES string of the molecule is CCOC(=O)N1CCc2nn(CC(=O)NCCc3ccc(OC)c(OC)c3)c(=O)cc2C1. The van der Waals surface area contributed by atoms with E-state index in [2.05, 4.69) is 10.4 Å². The van der Waals surface area contributed by atoms with E-state index in [1.165, 1.54) is 11.0 Å². The number of carbonyl (C=O) groups is 2. The van der Waals surface area contributed by atoms with Gasteiger partial charge in [-0.05, 0) is 31.0 Å². The maximum atomic E-state index is 12.4. The highest BCUT2D eigenvalue weighted by Crippen LogP contribution is 2.27. The van der Waals surface area contributed by atoms with Crippen molar-refractivity contribution in [2.24, 2.45) is 0 Å². The van der Waals surface area contributed by atoms with Gasteiger partial charge in [0.1, 0.15) is 6.54 Å². The lowest BCUT2D eigenvalue weighted by molar-refractivity contribution is -0.121. The van der Waals surface area contributed by atoms with Crippen LogP contribution < -0.4 is 20.3 Å². The number of benzene rings is 1. The number of nitrogens with one attached hydrogen (secondary N) is 1. The molecule has 3 rings (SSSR count). The monoisotopic (exact) mass is 444 g/mol. The maximum Gasteiger partial charge on any atom is 0.410 e. The second-order valence-electron chi connectivity index (χ2n) is 7.27. The molecular weight excluding hydrogens is 416 g/mol. The van der Waals surface area contributed by atoms with Crippen LogP contribution in [0.2, 0.25) is 0 Å². The summed E-state index contributed by atoms with van der Waals surface area (Å²) in [5.74, 6) is 0.968. The molecular formula is C22H28N4O6. The van der Waals surface area contributed by atoms with Crippen molar-refractivity contribution in [2.75, 3.05) is 33.9 Å². The topological polar surface area (TPSA) is 112 Å². The number of amides is 2. The van der Waals surface area contributed by atoms with Crippen molar-refractivity contribution in [3.8, 4) is 11.5 Å². The number of hydrogen-bond donors (Lipinski definition) is 1. The van der Waals surface area contributed by atoms with Crippen LogP contribution in [0.5, 0.6) is 11.5 Å². The van der Waals surface area contributed by atoms with Gasteiger partial charge in [0.15, 0.2) is 11.5 Å². The molecule has 1 aliphatic rings. The summed E-state index contributed by atoms with van der Waals surface area (Å²) >= 11 is 0. The van der Waals surface area contributed by atoms with E-state index in [0.717, 1.165) is 10.2 Å². The molecule has 172 valence electrons. The second-order valence-corrected chi connectivity index (χ2v) is 7.27. The Hall–Kier alpha value is -3.56. The molecule has 2 aromatic rings. The maximum absolute atomic E-state index is 12.4. The van der Waals surface area contributed by atoms with Gasteiger partial charge in [0.25, 0.3) is 5.56 Å². The van der Waals surface area contributed by atoms with E-state index in [0.29, 0.717) is 55.3 Å². The summed E-state index contributed by atoms with van der Waals surface area (Å²) in [5, 5.41) is 7.14. The molecule has 0 fully saturated rings. The van der Waals surface area contributed by atoms with Crippen LogP contribution in [0, 0.1) is 0 Å². The van der Waals surface area contributed by atoms with E-state index in [9.17, 15) is 14.4 Å². The van der Waals surface area contributed by atoms with Crippen LogP contribution >= 0.6 is 0 Å². The molecule has 1 N–H and O–H groups in total. The second kappa shape index (κ2) is 10.7. The Balaban J connectivity index is 1.56. The first-order valence-electron chi connectivity index (χ1n) is 10.4. The molecule has 0 unspecified atom stereocenters. The van der Waals surface area contributed by atoms with Crippen molar-refractivity contribution >= 4 is 12.0 Å². The van der Waals surface area contributed by atoms with Crippen LogP contribution in [0.1, 0.15) is 23.7 Å². The zero-order chi connectivity index (χ0) is 23.1. The molecule has 1 aromatic heterocycles. The Labute approximate surface area is 186 Å². The molecule has 0 aliphatic carbocycles. The van der Waals surface area contributed by atoms with Crippen LogP contribution in [0.3, 0.4) is 0 Å². The van der Waals surface area contributed by atoms with Crippen LogP contribution in [-0.2, 0) is 35.5 Å². The minimum Gasteiger partial charge on any atom is -0.493 e. The summed E-state index contributed by atoms with van der Waals surface area (Å²) in [6.07, 6.45) is 0.689. The lowest BCUT2D eigenvalue weighted by atomic mass is 10.1. The molecule has 1 aromatic carbocycles. The summed E-state index contributed by atoms with van der Waals surface area (Å²) in [4.78, 5) is 38.2. The van der Waals surface area contributed by atoms with Gasteiger partial charge in [-0.3, -0.25) is 9.59 Å². The van der Waals surface area contributed by atoms with E-state index < -0.39 is 6.09 Å². The molecule has 2 amide bonds. The molecule has 32 heavy (non-hydrogen) atoms. The molecule has 10 nitrogen and oxygen atoms in total. The number of fused-ring (bicyclic) bond motifs is 1. The van der Waals surface area contributed by atoms with Gasteiger partial charge in [-0.1, -0.05) is 6.07 Å². The number of methoxy groups -OCH3 is 2. The highest BCUT2D eigenvalue weighted by molar-refractivity contribution is 5.75. The average Bonchev–Trinajstić information content (AvgIpc) is 2.79. The van der Waals surface area contributed by atoms with Gasteiger partial charge in [0.05, 0.1) is 33.1 Å². The van der Waals surface area contributed by atoms with Gasteiger partial charge in [0, 0.05) is 31.1 Å². The highest BCUT2D eigenvalue weighted by atomic mass is 16.6. The van der Waals surface area contributed by atoms with Crippen molar-refractivity contribution in [3.63, 3.8) is 0 Å². The normalized spacial score (nSPS) is 12.7. The zero-order valence-electron chi connectivity index (χ0n) is 18.6. The van der Waals surface area contributed by atoms with Gasteiger partial charge >= 0.3 is 6.09 Å². The van der Waals surface area contributed by atoms with Crippen molar-refractivity contribution in [1.29, 1.82) is 0 Å². The van der Waals surface area contributed by atoms with Crippen LogP contribution in [0.25, 0.3) is 0 Å². The lowest BCUT2D eigenvalue weighted by Gasteiger charge is -2.27. The molecule has 0 spiro atoms. The zero-order valence-corrected chi connectivity index (χ0v) is 18.6. The summed E-state index contributed by atoms with van der Waals surface area (Å²) in [5.41, 5.74) is 1.99. The Morgan fingerprint density at radius 2 is 1.94 bits per heavy atom. The predicted octanol–water partition coefficient (Wildman–Crippen LogP) is 1.13. The van der Waals surface area contributed by atoms with Crippen LogP contribution in [-0.4, -0.2) is 60.6 Å². The van der Waals surface area contributed by atoms with Crippen molar-refractivity contribution in [1.82, 2.24) is 20.0 Å². The Morgan fingerprint density at radius 3 is 2.66 bits per heavy atom. The van der Waals surface area contributed by atoms with Crippen molar-refractivity contribution in [3.05, 3.63) is 51.4 Å². The number of carbonyl (C=O) groups excluding carboxylic acids is 2. The lowest BCUT2D eigenvalue weighted by Crippen LogP contribution is -2.40. The average molecular weight is 444 g/mol. The molecule has 0 saturated heterocycles. The number of nitrogens with zero attached hydrogens (tertiary/aromatic N) is 3. The summed E-state index contributed by atoms with van der Waals surface area (Å²) in [6.45, 7) is 3.00. The van der Waals surface area contributed by atoms with Crippen LogP contribution in [0.15, 0.2) is 29.1 Å². The van der Waals surface area contributed by atoms with E-state index in [1.807, 2.05) is 18.2 Å². The van der Waals surface area contributed by atoms with Crippen LogP contribution in [0.4, 0.5) is 4.79 Å². The minimum atomic E-state index is -0.406. The number of hydrogen-bond acceptors (Lipinski definition) is 7. The minimum absolute atomic E-state index is 0.167. The van der Waals surface area contributed by atoms with Gasteiger partial charge in [-0.15, -0.1) is 0 Å². The fourth-order valence-corrected chi connectivity index (χ4v) is 3.50. The van der Waals surface area contributed by atoms with Crippen molar-refractivity contribution < 1.29 is 23.8 Å². The highest BCUT2D eigenvalue weighted by Gasteiger charge is 2.24. The summed E-state index contributed by atoms with van der Waals surface area (Å²) in [7, 11) is 3.14. The fourth-order valence-electron chi connectivity index (χ4n) is 3.50. The van der Waals surface area contributed by atoms with E-state index in [4.69, 9.17) is 14.2 Å². The van der Waals surface area contributed by atoms with Gasteiger partial charge < -0.3 is 24.4 Å². The van der Waals surface area contributed by atoms with E-state index in [-0.39, 0.29) is 24.6 Å². The Kier molecular flexibility index (Phi) is 7.69. The molecule has 10 heteroatoms. The first kappa shape index (κ1) is 23.1. The summed E-state index contributed by atoms with van der Waals surface area (Å²) < 4.78 is 16.7. The first-order chi connectivity index (χ1) is 15.4. The smallest absolute Gasteiger partial charge is 0.410 e. The first-order valence-corrected chi connectivity index (χ1v) is 10.4. The Morgan fingerprint density at radius 1 is 1.16 bits per heavy atom. The molecule has 0 radical (unpaired) electrons. The number of rotatable bonds is 8. The third-order valence-electron chi connectivity index (χ3n) is 5.15. The predicted molar refractivity (Wildman–Crippen MR) is 116 cm³/mol.